The van der Waals surface area contributed by atoms with Crippen LogP contribution in [-0.2, 0) is 6.42 Å². The second-order valence-corrected chi connectivity index (χ2v) is 4.57. The van der Waals surface area contributed by atoms with Crippen molar-refractivity contribution in [3.63, 3.8) is 0 Å². The Labute approximate surface area is 106 Å². The molecule has 3 N–H and O–H groups in total. The lowest BCUT2D eigenvalue weighted by molar-refractivity contribution is 0.0781. The van der Waals surface area contributed by atoms with Gasteiger partial charge in [-0.05, 0) is 24.1 Å². The van der Waals surface area contributed by atoms with Crippen LogP contribution in [0.1, 0.15) is 15.9 Å². The molecule has 0 saturated carbocycles. The number of hydrogen-bond acceptors (Lipinski definition) is 4. The number of hydrogen-bond donors (Lipinski definition) is 3. The van der Waals surface area contributed by atoms with E-state index in [2.05, 4.69) is 5.32 Å². The van der Waals surface area contributed by atoms with E-state index in [4.69, 9.17) is 5.11 Å². The van der Waals surface area contributed by atoms with Gasteiger partial charge in [-0.1, -0.05) is 6.07 Å². The summed E-state index contributed by atoms with van der Waals surface area (Å²) in [6, 6.07) is 5.63. The van der Waals surface area contributed by atoms with Crippen molar-refractivity contribution in [2.24, 2.45) is 0 Å². The Morgan fingerprint density at radius 1 is 1.50 bits per heavy atom. The molecule has 1 amide bonds. The van der Waals surface area contributed by atoms with Crippen molar-refractivity contribution in [1.29, 1.82) is 0 Å². The van der Waals surface area contributed by atoms with E-state index in [-0.39, 0.29) is 19.1 Å². The Balaban J connectivity index is 2.13. The van der Waals surface area contributed by atoms with E-state index in [0.29, 0.717) is 5.56 Å². The van der Waals surface area contributed by atoms with Gasteiger partial charge in [0.25, 0.3) is 5.91 Å². The van der Waals surface area contributed by atoms with Crippen LogP contribution in [0.25, 0.3) is 0 Å². The Hall–Kier alpha value is -1.59. The van der Waals surface area contributed by atoms with E-state index in [1.54, 1.807) is 18.0 Å². The molecule has 1 atom stereocenters. The molecule has 0 bridgehead atoms. The molecule has 5 nitrogen and oxygen atoms in total. The number of carbonyl (C=O) groups is 1. The summed E-state index contributed by atoms with van der Waals surface area (Å²) < 4.78 is 0. The summed E-state index contributed by atoms with van der Waals surface area (Å²) in [5.41, 5.74) is 2.56. The summed E-state index contributed by atoms with van der Waals surface area (Å²) in [5.74, 6) is 0.0302. The lowest BCUT2D eigenvalue weighted by Crippen LogP contribution is -2.34. The molecule has 1 unspecified atom stereocenters. The molecule has 1 aromatic carbocycles. The van der Waals surface area contributed by atoms with Crippen LogP contribution in [-0.4, -0.2) is 53.9 Å². The highest BCUT2D eigenvalue weighted by Gasteiger charge is 2.21. The fourth-order valence-corrected chi connectivity index (χ4v) is 2.00. The highest BCUT2D eigenvalue weighted by molar-refractivity contribution is 5.97. The van der Waals surface area contributed by atoms with Crippen molar-refractivity contribution in [3.8, 4) is 0 Å². The highest BCUT2D eigenvalue weighted by atomic mass is 16.3. The van der Waals surface area contributed by atoms with Crippen molar-refractivity contribution in [3.05, 3.63) is 29.3 Å². The molecular formula is C13H18N2O3. The van der Waals surface area contributed by atoms with Gasteiger partial charge in [0, 0.05) is 31.4 Å². The summed E-state index contributed by atoms with van der Waals surface area (Å²) in [6.07, 6.45) is 0.0799. The summed E-state index contributed by atoms with van der Waals surface area (Å²) in [4.78, 5) is 13.7. The predicted octanol–water partition coefficient (Wildman–Crippen LogP) is 0.0798. The van der Waals surface area contributed by atoms with Crippen LogP contribution in [0, 0.1) is 0 Å². The number of anilines is 1. The fourth-order valence-electron chi connectivity index (χ4n) is 2.00. The second-order valence-electron chi connectivity index (χ2n) is 4.57. The van der Waals surface area contributed by atoms with Crippen molar-refractivity contribution >= 4 is 11.6 Å². The van der Waals surface area contributed by atoms with Gasteiger partial charge < -0.3 is 20.4 Å². The van der Waals surface area contributed by atoms with Crippen molar-refractivity contribution < 1.29 is 15.0 Å². The maximum Gasteiger partial charge on any atom is 0.253 e. The third kappa shape index (κ3) is 2.63. The van der Waals surface area contributed by atoms with Gasteiger partial charge in [-0.25, -0.2) is 0 Å². The van der Waals surface area contributed by atoms with Crippen LogP contribution in [0.5, 0.6) is 0 Å². The molecule has 0 aliphatic carbocycles. The number of carbonyl (C=O) groups excluding carboxylic acids is 1. The molecule has 18 heavy (non-hydrogen) atoms. The minimum Gasteiger partial charge on any atom is -0.394 e. The van der Waals surface area contributed by atoms with E-state index in [1.807, 2.05) is 12.1 Å². The fraction of sp³-hybridized carbons (Fsp3) is 0.462. The number of nitrogens with one attached hydrogen (secondary N) is 1. The zero-order valence-corrected chi connectivity index (χ0v) is 10.4. The van der Waals surface area contributed by atoms with E-state index in [9.17, 15) is 9.90 Å². The smallest absolute Gasteiger partial charge is 0.253 e. The monoisotopic (exact) mass is 250 g/mol. The summed E-state index contributed by atoms with van der Waals surface area (Å²) in [5, 5.41) is 21.0. The van der Waals surface area contributed by atoms with E-state index >= 15 is 0 Å². The summed E-state index contributed by atoms with van der Waals surface area (Å²) >= 11 is 0. The first-order valence-electron chi connectivity index (χ1n) is 6.03. The number of aliphatic hydroxyl groups is 2. The van der Waals surface area contributed by atoms with Crippen LogP contribution in [0.3, 0.4) is 0 Å². The third-order valence-electron chi connectivity index (χ3n) is 3.16. The molecule has 98 valence electrons. The number of benzene rings is 1. The molecule has 1 heterocycles. The molecule has 0 spiro atoms. The van der Waals surface area contributed by atoms with Crippen molar-refractivity contribution in [1.82, 2.24) is 4.90 Å². The largest absolute Gasteiger partial charge is 0.394 e. The Bertz CT molecular complexity index is 448. The molecule has 1 aliphatic heterocycles. The van der Waals surface area contributed by atoms with Gasteiger partial charge in [0.05, 0.1) is 12.7 Å². The second kappa shape index (κ2) is 5.37. The topological polar surface area (TPSA) is 72.8 Å². The SMILES string of the molecule is CN1CCc2ccc(NCC(O)CO)cc2C1=O. The van der Waals surface area contributed by atoms with Gasteiger partial charge >= 0.3 is 0 Å². The number of aliphatic hydroxyl groups excluding tert-OH is 2. The van der Waals surface area contributed by atoms with Crippen molar-refractivity contribution in [2.45, 2.75) is 12.5 Å². The average Bonchev–Trinajstić information content (AvgIpc) is 2.40. The first-order valence-corrected chi connectivity index (χ1v) is 6.03. The van der Waals surface area contributed by atoms with Gasteiger partial charge in [-0.3, -0.25) is 4.79 Å². The number of likely N-dealkylation sites (N-methyl/N-ethyl adjacent to an activating group) is 1. The van der Waals surface area contributed by atoms with E-state index in [0.717, 1.165) is 24.2 Å². The number of amides is 1. The Morgan fingerprint density at radius 3 is 3.00 bits per heavy atom. The lowest BCUT2D eigenvalue weighted by Gasteiger charge is -2.25. The molecule has 0 aromatic heterocycles. The van der Waals surface area contributed by atoms with Crippen molar-refractivity contribution in [2.75, 3.05) is 32.1 Å². The zero-order valence-electron chi connectivity index (χ0n) is 10.4. The minimum atomic E-state index is -0.792. The normalized spacial score (nSPS) is 16.4. The van der Waals surface area contributed by atoms with Crippen LogP contribution in [0.2, 0.25) is 0 Å². The highest BCUT2D eigenvalue weighted by Crippen LogP contribution is 2.21. The maximum atomic E-state index is 12.0. The van der Waals surface area contributed by atoms with Crippen LogP contribution in [0.4, 0.5) is 5.69 Å². The first kappa shape index (κ1) is 12.9. The number of rotatable bonds is 4. The van der Waals surface area contributed by atoms with Gasteiger partial charge in [-0.15, -0.1) is 0 Å². The zero-order chi connectivity index (χ0) is 13.1. The maximum absolute atomic E-state index is 12.0. The summed E-state index contributed by atoms with van der Waals surface area (Å²) in [6.45, 7) is 0.737. The average molecular weight is 250 g/mol. The quantitative estimate of drug-likeness (QED) is 0.707. The van der Waals surface area contributed by atoms with Gasteiger partial charge in [-0.2, -0.15) is 0 Å². The first-order chi connectivity index (χ1) is 8.61. The lowest BCUT2D eigenvalue weighted by atomic mass is 9.99. The van der Waals surface area contributed by atoms with E-state index < -0.39 is 6.10 Å². The molecule has 0 radical (unpaired) electrons. The van der Waals surface area contributed by atoms with Gasteiger partial charge in [0.15, 0.2) is 0 Å². The molecule has 0 fully saturated rings. The molecule has 2 rings (SSSR count). The predicted molar refractivity (Wildman–Crippen MR) is 68.7 cm³/mol. The van der Waals surface area contributed by atoms with Crippen LogP contribution < -0.4 is 5.32 Å². The van der Waals surface area contributed by atoms with Crippen LogP contribution >= 0.6 is 0 Å². The minimum absolute atomic E-state index is 0.0302. The third-order valence-corrected chi connectivity index (χ3v) is 3.16. The number of fused-ring (bicyclic) bond motifs is 1. The summed E-state index contributed by atoms with van der Waals surface area (Å²) in [7, 11) is 1.79. The molecule has 1 aromatic rings. The Kier molecular flexibility index (Phi) is 3.84. The standard InChI is InChI=1S/C13H18N2O3/c1-15-5-4-9-2-3-10(6-12(9)13(15)18)14-7-11(17)8-16/h2-3,6,11,14,16-17H,4-5,7-8H2,1H3. The Morgan fingerprint density at radius 2 is 2.28 bits per heavy atom. The molecule has 1 aliphatic rings. The number of nitrogens with zero attached hydrogens (tertiary/aromatic N) is 1. The molecular weight excluding hydrogens is 232 g/mol. The van der Waals surface area contributed by atoms with Crippen LogP contribution in [0.15, 0.2) is 18.2 Å². The molecule has 0 saturated heterocycles. The molecule has 5 heteroatoms. The van der Waals surface area contributed by atoms with Gasteiger partial charge in [0.1, 0.15) is 0 Å². The van der Waals surface area contributed by atoms with E-state index in [1.165, 1.54) is 0 Å². The van der Waals surface area contributed by atoms with Gasteiger partial charge in [0.2, 0.25) is 0 Å².